The van der Waals surface area contributed by atoms with E-state index in [9.17, 15) is 4.79 Å². The molecule has 0 saturated carbocycles. The zero-order valence-electron chi connectivity index (χ0n) is 17.8. The van der Waals surface area contributed by atoms with Crippen molar-refractivity contribution in [1.29, 1.82) is 5.26 Å². The summed E-state index contributed by atoms with van der Waals surface area (Å²) in [7, 11) is 1.54. The van der Waals surface area contributed by atoms with Crippen molar-refractivity contribution in [2.75, 3.05) is 24.0 Å². The highest BCUT2D eigenvalue weighted by molar-refractivity contribution is 7.98. The molecule has 0 aliphatic rings. The Labute approximate surface area is 199 Å². The summed E-state index contributed by atoms with van der Waals surface area (Å²) in [5.74, 6) is 0.273. The number of aromatic nitrogens is 2. The van der Waals surface area contributed by atoms with Gasteiger partial charge in [-0.05, 0) is 42.7 Å². The first kappa shape index (κ1) is 22.3. The van der Waals surface area contributed by atoms with Gasteiger partial charge in [0.15, 0.2) is 5.13 Å². The zero-order valence-corrected chi connectivity index (χ0v) is 19.5. The van der Waals surface area contributed by atoms with Crippen LogP contribution in [0, 0.1) is 11.3 Å². The largest absolute Gasteiger partial charge is 0.495 e. The molecule has 0 saturated heterocycles. The Morgan fingerprint density at radius 1 is 1.15 bits per heavy atom. The van der Waals surface area contributed by atoms with Gasteiger partial charge in [-0.25, -0.2) is 9.97 Å². The number of hydrogen-bond donors (Lipinski definition) is 2. The van der Waals surface area contributed by atoms with Crippen LogP contribution in [-0.4, -0.2) is 29.2 Å². The van der Waals surface area contributed by atoms with Crippen molar-refractivity contribution in [2.24, 2.45) is 0 Å². The summed E-state index contributed by atoms with van der Waals surface area (Å²) in [6, 6.07) is 18.7. The minimum absolute atomic E-state index is 0.237. The molecule has 1 amide bonds. The fraction of sp³-hybridized carbons (Fsp3) is 0.0833. The molecule has 7 nitrogen and oxygen atoms in total. The molecule has 0 bridgehead atoms. The number of amides is 1. The maximum Gasteiger partial charge on any atom is 0.260 e. The molecule has 9 heteroatoms. The highest BCUT2D eigenvalue weighted by Gasteiger charge is 2.14. The molecule has 0 radical (unpaired) electrons. The third-order valence-corrected chi connectivity index (χ3v) is 6.17. The Morgan fingerprint density at radius 2 is 2.00 bits per heavy atom. The zero-order chi connectivity index (χ0) is 23.2. The molecule has 0 aliphatic carbocycles. The molecule has 2 heterocycles. The molecule has 0 atom stereocenters. The number of nitriles is 1. The lowest BCUT2D eigenvalue weighted by Gasteiger charge is -2.10. The van der Waals surface area contributed by atoms with E-state index >= 15 is 0 Å². The Kier molecular flexibility index (Phi) is 6.88. The van der Waals surface area contributed by atoms with Gasteiger partial charge in [0.1, 0.15) is 16.8 Å². The number of carbonyl (C=O) groups excluding carboxylic acids is 1. The van der Waals surface area contributed by atoms with Gasteiger partial charge in [0.25, 0.3) is 5.91 Å². The van der Waals surface area contributed by atoms with E-state index in [1.165, 1.54) is 30.2 Å². The molecule has 0 fully saturated rings. The average Bonchev–Trinajstić information content (AvgIpc) is 3.32. The second-order valence-electron chi connectivity index (χ2n) is 6.78. The molecule has 0 unspecified atom stereocenters. The maximum atomic E-state index is 12.7. The second kappa shape index (κ2) is 10.2. The Balaban J connectivity index is 1.51. The minimum Gasteiger partial charge on any atom is -0.495 e. The summed E-state index contributed by atoms with van der Waals surface area (Å²) in [4.78, 5) is 21.5. The molecule has 2 N–H and O–H groups in total. The highest BCUT2D eigenvalue weighted by atomic mass is 32.2. The number of pyridine rings is 1. The van der Waals surface area contributed by atoms with Gasteiger partial charge in [0.05, 0.1) is 23.9 Å². The molecular weight excluding hydrogens is 454 g/mol. The van der Waals surface area contributed by atoms with Crippen LogP contribution < -0.4 is 15.4 Å². The van der Waals surface area contributed by atoms with E-state index in [1.54, 1.807) is 30.5 Å². The lowest BCUT2D eigenvalue weighted by Crippen LogP contribution is -2.13. The van der Waals surface area contributed by atoms with Crippen molar-refractivity contribution in [2.45, 2.75) is 5.03 Å². The van der Waals surface area contributed by atoms with Gasteiger partial charge in [-0.15, -0.1) is 23.1 Å². The number of methoxy groups -OCH3 is 1. The van der Waals surface area contributed by atoms with Crippen LogP contribution in [0.5, 0.6) is 5.75 Å². The van der Waals surface area contributed by atoms with Gasteiger partial charge < -0.3 is 10.1 Å². The van der Waals surface area contributed by atoms with E-state index in [-0.39, 0.29) is 5.91 Å². The number of benzene rings is 2. The lowest BCUT2D eigenvalue weighted by atomic mass is 10.1. The molecule has 2 aromatic heterocycles. The number of thiazole rings is 1. The molecule has 164 valence electrons. The van der Waals surface area contributed by atoms with Crippen molar-refractivity contribution in [3.8, 4) is 23.1 Å². The van der Waals surface area contributed by atoms with Crippen LogP contribution in [0.25, 0.3) is 11.3 Å². The number of thioether (sulfide) groups is 1. The van der Waals surface area contributed by atoms with Crippen molar-refractivity contribution in [3.63, 3.8) is 0 Å². The third-order valence-electron chi connectivity index (χ3n) is 4.70. The summed E-state index contributed by atoms with van der Waals surface area (Å²) in [5.41, 5.74) is 4.32. The Hall–Kier alpha value is -3.87. The number of nitrogens with one attached hydrogen (secondary N) is 2. The fourth-order valence-corrected chi connectivity index (χ4v) is 4.40. The van der Waals surface area contributed by atoms with Crippen molar-refractivity contribution < 1.29 is 9.53 Å². The predicted octanol–water partition coefficient (Wildman–Crippen LogP) is 5.80. The summed E-state index contributed by atoms with van der Waals surface area (Å²) in [6.07, 6.45) is 3.55. The summed E-state index contributed by atoms with van der Waals surface area (Å²) < 4.78 is 5.28. The number of rotatable bonds is 7. The standard InChI is InChI=1S/C24H19N5O2S2/c1-31-21-12-18(9-8-16(21)13-25)27-17-6-3-5-15(11-17)20-14-33-24(28-20)29-22(30)19-7-4-10-26-23(19)32-2/h3-12,14,27H,1-2H3,(H,28,29,30). The van der Waals surface area contributed by atoms with E-state index in [4.69, 9.17) is 10.00 Å². The van der Waals surface area contributed by atoms with Gasteiger partial charge in [0, 0.05) is 34.6 Å². The molecule has 0 spiro atoms. The molecule has 4 rings (SSSR count). The molecule has 33 heavy (non-hydrogen) atoms. The number of carbonyl (C=O) groups is 1. The maximum absolute atomic E-state index is 12.7. The van der Waals surface area contributed by atoms with Crippen LogP contribution in [0.3, 0.4) is 0 Å². The number of hydrogen-bond acceptors (Lipinski definition) is 8. The quantitative estimate of drug-likeness (QED) is 0.327. The van der Waals surface area contributed by atoms with Crippen LogP contribution in [-0.2, 0) is 0 Å². The SMILES string of the molecule is COc1cc(Nc2cccc(-c3csc(NC(=O)c4cccnc4SC)n3)c2)ccc1C#N. The summed E-state index contributed by atoms with van der Waals surface area (Å²) in [5, 5.41) is 18.4. The van der Waals surface area contributed by atoms with Gasteiger partial charge in [-0.1, -0.05) is 12.1 Å². The summed E-state index contributed by atoms with van der Waals surface area (Å²) >= 11 is 2.79. The molecular formula is C24H19N5O2S2. The van der Waals surface area contributed by atoms with Gasteiger partial charge in [-0.3, -0.25) is 10.1 Å². The molecule has 4 aromatic rings. The van der Waals surface area contributed by atoms with Crippen LogP contribution >= 0.6 is 23.1 Å². The number of nitrogens with zero attached hydrogens (tertiary/aromatic N) is 3. The Morgan fingerprint density at radius 3 is 2.79 bits per heavy atom. The number of anilines is 3. The van der Waals surface area contributed by atoms with Crippen LogP contribution in [0.1, 0.15) is 15.9 Å². The number of ether oxygens (including phenoxy) is 1. The predicted molar refractivity (Wildman–Crippen MR) is 133 cm³/mol. The van der Waals surface area contributed by atoms with Crippen molar-refractivity contribution in [3.05, 3.63) is 77.3 Å². The Bertz CT molecular complexity index is 1350. The summed E-state index contributed by atoms with van der Waals surface area (Å²) in [6.45, 7) is 0. The van der Waals surface area contributed by atoms with Gasteiger partial charge in [0.2, 0.25) is 0 Å². The monoisotopic (exact) mass is 473 g/mol. The third kappa shape index (κ3) is 5.14. The second-order valence-corrected chi connectivity index (χ2v) is 8.44. The van der Waals surface area contributed by atoms with Gasteiger partial charge in [-0.2, -0.15) is 5.26 Å². The lowest BCUT2D eigenvalue weighted by molar-refractivity contribution is 0.102. The van der Waals surface area contributed by atoms with Crippen molar-refractivity contribution >= 4 is 45.5 Å². The van der Waals surface area contributed by atoms with E-state index in [0.29, 0.717) is 27.0 Å². The first-order valence-corrected chi connectivity index (χ1v) is 11.9. The van der Waals surface area contributed by atoms with E-state index in [0.717, 1.165) is 22.6 Å². The minimum atomic E-state index is -0.237. The fourth-order valence-electron chi connectivity index (χ4n) is 3.14. The van der Waals surface area contributed by atoms with Gasteiger partial charge >= 0.3 is 0 Å². The van der Waals surface area contributed by atoms with E-state index in [1.807, 2.05) is 42.0 Å². The molecule has 2 aromatic carbocycles. The average molecular weight is 474 g/mol. The van der Waals surface area contributed by atoms with Crippen LogP contribution in [0.2, 0.25) is 0 Å². The van der Waals surface area contributed by atoms with Crippen molar-refractivity contribution in [1.82, 2.24) is 9.97 Å². The van der Waals surface area contributed by atoms with Crippen LogP contribution in [0.4, 0.5) is 16.5 Å². The van der Waals surface area contributed by atoms with Crippen LogP contribution in [0.15, 0.2) is 71.2 Å². The van der Waals surface area contributed by atoms with E-state index in [2.05, 4.69) is 26.7 Å². The first-order valence-electron chi connectivity index (χ1n) is 9.82. The first-order chi connectivity index (χ1) is 16.1. The highest BCUT2D eigenvalue weighted by Crippen LogP contribution is 2.30. The normalized spacial score (nSPS) is 10.3. The molecule has 0 aliphatic heterocycles. The van der Waals surface area contributed by atoms with E-state index < -0.39 is 0 Å². The smallest absolute Gasteiger partial charge is 0.260 e. The topological polar surface area (TPSA) is 99.9 Å².